The summed E-state index contributed by atoms with van der Waals surface area (Å²) in [7, 11) is 0. The van der Waals surface area contributed by atoms with Gasteiger partial charge >= 0.3 is 0 Å². The average Bonchev–Trinajstić information content (AvgIpc) is 2.91. The number of hydrogen-bond donors (Lipinski definition) is 1. The highest BCUT2D eigenvalue weighted by Gasteiger charge is 2.43. The van der Waals surface area contributed by atoms with Gasteiger partial charge in [0, 0.05) is 18.2 Å². The number of fused-ring (bicyclic) bond motifs is 1. The van der Waals surface area contributed by atoms with E-state index in [0.29, 0.717) is 5.78 Å². The molecule has 0 amide bonds. The molecule has 0 aromatic carbocycles. The largest absolute Gasteiger partial charge is 0.316 e. The third kappa shape index (κ3) is 2.10. The number of aryl methyl sites for hydroxylation is 1. The molecule has 0 saturated carbocycles. The first-order chi connectivity index (χ1) is 9.27. The van der Waals surface area contributed by atoms with Gasteiger partial charge < -0.3 is 5.32 Å². The summed E-state index contributed by atoms with van der Waals surface area (Å²) in [5.41, 5.74) is 2.17. The van der Waals surface area contributed by atoms with E-state index in [4.69, 9.17) is 0 Å². The summed E-state index contributed by atoms with van der Waals surface area (Å²) in [6.07, 6.45) is 6.87. The van der Waals surface area contributed by atoms with Gasteiger partial charge in [0.1, 0.15) is 5.78 Å². The van der Waals surface area contributed by atoms with Crippen LogP contribution in [0.25, 0.3) is 0 Å². The molecule has 1 aromatic heterocycles. The monoisotopic (exact) mass is 258 g/mol. The Labute approximate surface area is 114 Å². The van der Waals surface area contributed by atoms with E-state index in [0.717, 1.165) is 50.9 Å². The third-order valence-electron chi connectivity index (χ3n) is 4.95. The number of rotatable bonds is 3. The maximum absolute atomic E-state index is 13.0. The van der Waals surface area contributed by atoms with Crippen molar-refractivity contribution in [1.82, 2.24) is 10.3 Å². The lowest BCUT2D eigenvalue weighted by molar-refractivity contribution is -0.131. The minimum Gasteiger partial charge on any atom is -0.316 e. The molecule has 19 heavy (non-hydrogen) atoms. The number of carbonyl (C=O) groups is 1. The second-order valence-electron chi connectivity index (χ2n) is 5.92. The van der Waals surface area contributed by atoms with Gasteiger partial charge in [-0.3, -0.25) is 9.78 Å². The Kier molecular flexibility index (Phi) is 3.40. The van der Waals surface area contributed by atoms with Crippen LogP contribution in [0.1, 0.15) is 49.8 Å². The lowest BCUT2D eigenvalue weighted by Crippen LogP contribution is -2.46. The molecule has 2 unspecified atom stereocenters. The van der Waals surface area contributed by atoms with Crippen molar-refractivity contribution in [3.63, 3.8) is 0 Å². The minimum atomic E-state index is -0.151. The fraction of sp³-hybridized carbons (Fsp3) is 0.625. The van der Waals surface area contributed by atoms with Gasteiger partial charge in [-0.25, -0.2) is 0 Å². The van der Waals surface area contributed by atoms with Crippen LogP contribution in [0.2, 0.25) is 0 Å². The molecular formula is C16H22N2O. The number of nitrogens with zero attached hydrogens (tertiary/aromatic N) is 1. The van der Waals surface area contributed by atoms with Crippen LogP contribution in [-0.4, -0.2) is 23.9 Å². The number of piperidine rings is 1. The summed E-state index contributed by atoms with van der Waals surface area (Å²) in [4.78, 5) is 17.5. The van der Waals surface area contributed by atoms with Crippen LogP contribution < -0.4 is 5.32 Å². The number of nitrogens with one attached hydrogen (secondary N) is 1. The summed E-state index contributed by atoms with van der Waals surface area (Å²) in [6.45, 7) is 4.05. The third-order valence-corrected chi connectivity index (χ3v) is 4.95. The first kappa shape index (κ1) is 12.8. The Hall–Kier alpha value is -1.22. The van der Waals surface area contributed by atoms with Crippen molar-refractivity contribution >= 4 is 5.78 Å². The molecule has 1 fully saturated rings. The second-order valence-corrected chi connectivity index (χ2v) is 5.92. The number of aromatic nitrogens is 1. The molecule has 1 saturated heterocycles. The van der Waals surface area contributed by atoms with Crippen molar-refractivity contribution < 1.29 is 4.79 Å². The molecule has 1 aliphatic heterocycles. The van der Waals surface area contributed by atoms with Gasteiger partial charge in [-0.05, 0) is 50.3 Å². The lowest BCUT2D eigenvalue weighted by atomic mass is 9.70. The Bertz CT molecular complexity index is 477. The Morgan fingerprint density at radius 2 is 2.47 bits per heavy atom. The Morgan fingerprint density at radius 3 is 3.21 bits per heavy atom. The summed E-state index contributed by atoms with van der Waals surface area (Å²) in [5, 5.41) is 3.41. The van der Waals surface area contributed by atoms with Crippen molar-refractivity contribution in [2.45, 2.75) is 44.9 Å². The summed E-state index contributed by atoms with van der Waals surface area (Å²) >= 11 is 0. The molecule has 2 atom stereocenters. The van der Waals surface area contributed by atoms with Gasteiger partial charge in [-0.1, -0.05) is 13.0 Å². The molecule has 1 N–H and O–H groups in total. The zero-order valence-corrected chi connectivity index (χ0v) is 11.6. The number of pyridine rings is 1. The van der Waals surface area contributed by atoms with Gasteiger partial charge in [0.2, 0.25) is 0 Å². The summed E-state index contributed by atoms with van der Waals surface area (Å²) in [5.74, 6) is 0.468. The predicted octanol–water partition coefficient (Wildman–Crippen LogP) is 2.46. The Balaban J connectivity index is 1.88. The molecule has 3 nitrogen and oxygen atoms in total. The average molecular weight is 258 g/mol. The molecule has 0 radical (unpaired) electrons. The van der Waals surface area contributed by atoms with Crippen LogP contribution in [0, 0.1) is 5.41 Å². The van der Waals surface area contributed by atoms with Gasteiger partial charge in [0.15, 0.2) is 0 Å². The molecule has 0 spiro atoms. The SMILES string of the molecule is CCC1(C(=O)C2CCc3cccnc32)CCCNC1. The van der Waals surface area contributed by atoms with Crippen molar-refractivity contribution in [1.29, 1.82) is 0 Å². The fourth-order valence-electron chi connectivity index (χ4n) is 3.69. The summed E-state index contributed by atoms with van der Waals surface area (Å²) in [6, 6.07) is 4.09. The highest BCUT2D eigenvalue weighted by Crippen LogP contribution is 2.41. The lowest BCUT2D eigenvalue weighted by Gasteiger charge is -2.37. The van der Waals surface area contributed by atoms with Gasteiger partial charge in [0.05, 0.1) is 11.6 Å². The van der Waals surface area contributed by atoms with E-state index in [-0.39, 0.29) is 11.3 Å². The predicted molar refractivity (Wildman–Crippen MR) is 75.1 cm³/mol. The van der Waals surface area contributed by atoms with E-state index in [1.807, 2.05) is 12.3 Å². The molecule has 3 heteroatoms. The van der Waals surface area contributed by atoms with E-state index in [1.165, 1.54) is 5.56 Å². The van der Waals surface area contributed by atoms with Crippen LogP contribution in [-0.2, 0) is 11.2 Å². The normalized spacial score (nSPS) is 30.1. The number of carbonyl (C=O) groups excluding carboxylic acids is 1. The molecular weight excluding hydrogens is 236 g/mol. The zero-order chi connectivity index (χ0) is 13.3. The van der Waals surface area contributed by atoms with E-state index in [1.54, 1.807) is 0 Å². The smallest absolute Gasteiger partial charge is 0.149 e. The molecule has 0 bridgehead atoms. The van der Waals surface area contributed by atoms with Crippen LogP contribution in [0.15, 0.2) is 18.3 Å². The van der Waals surface area contributed by atoms with E-state index in [9.17, 15) is 4.79 Å². The zero-order valence-electron chi connectivity index (χ0n) is 11.6. The molecule has 1 aliphatic carbocycles. The maximum Gasteiger partial charge on any atom is 0.149 e. The van der Waals surface area contributed by atoms with Crippen LogP contribution in [0.3, 0.4) is 0 Å². The van der Waals surface area contributed by atoms with Crippen LogP contribution >= 0.6 is 0 Å². The first-order valence-electron chi connectivity index (χ1n) is 7.46. The highest BCUT2D eigenvalue weighted by molar-refractivity contribution is 5.92. The van der Waals surface area contributed by atoms with E-state index >= 15 is 0 Å². The van der Waals surface area contributed by atoms with Gasteiger partial charge in [-0.15, -0.1) is 0 Å². The molecule has 1 aromatic rings. The number of Topliss-reactive ketones (excluding diaryl/α,β-unsaturated/α-hetero) is 1. The molecule has 2 aliphatic rings. The topological polar surface area (TPSA) is 42.0 Å². The molecule has 3 rings (SSSR count). The van der Waals surface area contributed by atoms with Crippen molar-refractivity contribution in [3.05, 3.63) is 29.6 Å². The second kappa shape index (κ2) is 5.04. The standard InChI is InChI=1S/C16H22N2O/c1-2-16(8-4-9-17-11-16)15(19)13-7-6-12-5-3-10-18-14(12)13/h3,5,10,13,17H,2,4,6-9,11H2,1H3. The molecule has 102 valence electrons. The number of ketones is 1. The van der Waals surface area contributed by atoms with E-state index < -0.39 is 0 Å². The fourth-order valence-corrected chi connectivity index (χ4v) is 3.69. The highest BCUT2D eigenvalue weighted by atomic mass is 16.1. The van der Waals surface area contributed by atoms with Crippen molar-refractivity contribution in [2.24, 2.45) is 5.41 Å². The van der Waals surface area contributed by atoms with E-state index in [2.05, 4.69) is 23.3 Å². The number of hydrogen-bond acceptors (Lipinski definition) is 3. The maximum atomic E-state index is 13.0. The van der Waals surface area contributed by atoms with Crippen LogP contribution in [0.5, 0.6) is 0 Å². The summed E-state index contributed by atoms with van der Waals surface area (Å²) < 4.78 is 0. The minimum absolute atomic E-state index is 0.0380. The van der Waals surface area contributed by atoms with Gasteiger partial charge in [0.25, 0.3) is 0 Å². The Morgan fingerprint density at radius 1 is 1.58 bits per heavy atom. The van der Waals surface area contributed by atoms with Crippen molar-refractivity contribution in [2.75, 3.05) is 13.1 Å². The quantitative estimate of drug-likeness (QED) is 0.905. The van der Waals surface area contributed by atoms with Gasteiger partial charge in [-0.2, -0.15) is 0 Å². The molecule has 2 heterocycles. The first-order valence-corrected chi connectivity index (χ1v) is 7.46. The van der Waals surface area contributed by atoms with Crippen molar-refractivity contribution in [3.8, 4) is 0 Å². The van der Waals surface area contributed by atoms with Crippen LogP contribution in [0.4, 0.5) is 0 Å².